The maximum atomic E-state index is 12.2. The highest BCUT2D eigenvalue weighted by Gasteiger charge is 2.26. The van der Waals surface area contributed by atoms with E-state index < -0.39 is 32.1 Å². The summed E-state index contributed by atoms with van der Waals surface area (Å²) in [6, 6.07) is 3.71. The van der Waals surface area contributed by atoms with Crippen molar-refractivity contribution in [2.75, 3.05) is 0 Å². The summed E-state index contributed by atoms with van der Waals surface area (Å²) in [4.78, 5) is 10.7. The molecule has 0 aliphatic rings. The van der Waals surface area contributed by atoms with Crippen molar-refractivity contribution in [2.45, 2.75) is 10.6 Å². The average molecular weight is 336 g/mol. The molecule has 0 fully saturated rings. The van der Waals surface area contributed by atoms with E-state index in [-0.39, 0.29) is 15.7 Å². The molecule has 0 radical (unpaired) electrons. The van der Waals surface area contributed by atoms with Crippen LogP contribution in [0.2, 0.25) is 10.0 Å². The Hall–Kier alpha value is -1.57. The molecule has 2 rings (SSSR count). The van der Waals surface area contributed by atoms with E-state index in [0.717, 1.165) is 6.07 Å². The van der Waals surface area contributed by atoms with E-state index in [1.54, 1.807) is 0 Å². The molecule has 0 spiro atoms. The van der Waals surface area contributed by atoms with Crippen molar-refractivity contribution in [1.82, 2.24) is 5.16 Å². The van der Waals surface area contributed by atoms with Gasteiger partial charge in [0.2, 0.25) is 0 Å². The van der Waals surface area contributed by atoms with E-state index in [0.29, 0.717) is 0 Å². The van der Waals surface area contributed by atoms with Crippen LogP contribution in [0, 0.1) is 0 Å². The van der Waals surface area contributed by atoms with Crippen molar-refractivity contribution in [3.05, 3.63) is 45.8 Å². The number of sulfone groups is 1. The summed E-state index contributed by atoms with van der Waals surface area (Å²) in [6.45, 7) is 0. The van der Waals surface area contributed by atoms with Gasteiger partial charge in [-0.25, -0.2) is 13.2 Å². The topological polar surface area (TPSA) is 97.5 Å². The number of carboxylic acids is 1. The lowest BCUT2D eigenvalue weighted by Gasteiger charge is -2.08. The van der Waals surface area contributed by atoms with Gasteiger partial charge in [-0.05, 0) is 12.1 Å². The molecule has 0 unspecified atom stereocenters. The second-order valence-corrected chi connectivity index (χ2v) is 6.52. The zero-order chi connectivity index (χ0) is 14.9. The number of hydrogen-bond acceptors (Lipinski definition) is 5. The SMILES string of the molecule is O=C(O)c1c(Cl)ccc(S(=O)(=O)Cc2ccno2)c1Cl. The Balaban J connectivity index is 2.53. The smallest absolute Gasteiger partial charge is 0.338 e. The Morgan fingerprint density at radius 3 is 2.55 bits per heavy atom. The van der Waals surface area contributed by atoms with Gasteiger partial charge < -0.3 is 9.63 Å². The van der Waals surface area contributed by atoms with E-state index in [1.807, 2.05) is 0 Å². The number of carbonyl (C=O) groups is 1. The Kier molecular flexibility index (Phi) is 4.03. The van der Waals surface area contributed by atoms with Gasteiger partial charge in [0, 0.05) is 6.07 Å². The van der Waals surface area contributed by atoms with E-state index in [4.69, 9.17) is 32.8 Å². The highest BCUT2D eigenvalue weighted by atomic mass is 35.5. The van der Waals surface area contributed by atoms with E-state index in [1.165, 1.54) is 18.3 Å². The fourth-order valence-electron chi connectivity index (χ4n) is 1.55. The minimum atomic E-state index is -3.87. The maximum Gasteiger partial charge on any atom is 0.338 e. The second kappa shape index (κ2) is 5.43. The largest absolute Gasteiger partial charge is 0.478 e. The van der Waals surface area contributed by atoms with Gasteiger partial charge in [-0.15, -0.1) is 0 Å². The molecule has 6 nitrogen and oxygen atoms in total. The van der Waals surface area contributed by atoms with Gasteiger partial charge in [0.15, 0.2) is 15.6 Å². The molecule has 0 bridgehead atoms. The van der Waals surface area contributed by atoms with Crippen molar-refractivity contribution < 1.29 is 22.8 Å². The van der Waals surface area contributed by atoms with Crippen molar-refractivity contribution in [3.8, 4) is 0 Å². The minimum absolute atomic E-state index is 0.118. The first kappa shape index (κ1) is 14.8. The van der Waals surface area contributed by atoms with Crippen LogP contribution in [-0.2, 0) is 15.6 Å². The molecule has 1 heterocycles. The van der Waals surface area contributed by atoms with E-state index in [9.17, 15) is 13.2 Å². The standard InChI is InChI=1S/C11H7Cl2NO5S/c12-7-1-2-8(10(13)9(7)11(15)16)20(17,18)5-6-3-4-14-19-6/h1-4H,5H2,(H,15,16). The first-order valence-corrected chi connectivity index (χ1v) is 7.57. The quantitative estimate of drug-likeness (QED) is 0.922. The summed E-state index contributed by atoms with van der Waals surface area (Å²) in [5, 5.41) is 11.8. The molecule has 0 saturated carbocycles. The number of benzene rings is 1. The lowest BCUT2D eigenvalue weighted by Crippen LogP contribution is -2.08. The van der Waals surface area contributed by atoms with Gasteiger partial charge in [0.05, 0.1) is 26.7 Å². The minimum Gasteiger partial charge on any atom is -0.478 e. The van der Waals surface area contributed by atoms with Gasteiger partial charge >= 0.3 is 5.97 Å². The first-order valence-electron chi connectivity index (χ1n) is 5.16. The van der Waals surface area contributed by atoms with Crippen LogP contribution in [0.5, 0.6) is 0 Å². The average Bonchev–Trinajstić information content (AvgIpc) is 2.79. The van der Waals surface area contributed by atoms with E-state index >= 15 is 0 Å². The van der Waals surface area contributed by atoms with Gasteiger partial charge in [0.25, 0.3) is 0 Å². The van der Waals surface area contributed by atoms with Crippen LogP contribution in [0.15, 0.2) is 33.8 Å². The molecule has 9 heteroatoms. The molecule has 0 atom stereocenters. The van der Waals surface area contributed by atoms with Gasteiger partial charge in [-0.1, -0.05) is 28.4 Å². The number of carboxylic acid groups (broad SMARTS) is 1. The molecule has 2 aromatic rings. The lowest BCUT2D eigenvalue weighted by molar-refractivity contribution is 0.0697. The zero-order valence-electron chi connectivity index (χ0n) is 9.71. The summed E-state index contributed by atoms with van der Waals surface area (Å²) in [6.07, 6.45) is 1.30. The van der Waals surface area contributed by atoms with Crippen molar-refractivity contribution >= 4 is 39.0 Å². The molecule has 1 aromatic heterocycles. The normalized spacial score (nSPS) is 11.5. The molecule has 20 heavy (non-hydrogen) atoms. The molecule has 0 amide bonds. The van der Waals surface area contributed by atoms with Crippen LogP contribution in [0.3, 0.4) is 0 Å². The summed E-state index contributed by atoms with van der Waals surface area (Å²) in [7, 11) is -3.87. The molecule has 1 N–H and O–H groups in total. The van der Waals surface area contributed by atoms with E-state index in [2.05, 4.69) is 5.16 Å². The second-order valence-electron chi connectivity index (χ2n) is 3.78. The summed E-state index contributed by atoms with van der Waals surface area (Å²) in [5.41, 5.74) is -0.452. The zero-order valence-corrected chi connectivity index (χ0v) is 12.0. The number of aromatic nitrogens is 1. The monoisotopic (exact) mass is 335 g/mol. The van der Waals surface area contributed by atoms with Gasteiger partial charge in [0.1, 0.15) is 5.75 Å². The Morgan fingerprint density at radius 1 is 1.30 bits per heavy atom. The molecule has 0 aliphatic heterocycles. The Bertz CT molecular complexity index is 755. The van der Waals surface area contributed by atoms with Crippen LogP contribution in [0.4, 0.5) is 0 Å². The predicted molar refractivity (Wildman–Crippen MR) is 70.8 cm³/mol. The number of hydrogen-bond donors (Lipinski definition) is 1. The van der Waals surface area contributed by atoms with Crippen LogP contribution >= 0.6 is 23.2 Å². The molecule has 1 aromatic carbocycles. The first-order chi connectivity index (χ1) is 9.33. The third-order valence-corrected chi connectivity index (χ3v) is 4.92. The number of rotatable bonds is 4. The lowest BCUT2D eigenvalue weighted by atomic mass is 10.2. The Morgan fingerprint density at radius 2 is 2.00 bits per heavy atom. The van der Waals surface area contributed by atoms with Crippen LogP contribution < -0.4 is 0 Å². The molecule has 0 aliphatic carbocycles. The molecule has 0 saturated heterocycles. The maximum absolute atomic E-state index is 12.2. The van der Waals surface area contributed by atoms with Crippen molar-refractivity contribution in [2.24, 2.45) is 0 Å². The summed E-state index contributed by atoms with van der Waals surface area (Å²) >= 11 is 11.5. The number of nitrogens with zero attached hydrogens (tertiary/aromatic N) is 1. The molecule has 106 valence electrons. The number of aromatic carboxylic acids is 1. The van der Waals surface area contributed by atoms with Crippen molar-refractivity contribution in [3.63, 3.8) is 0 Å². The highest BCUT2D eigenvalue weighted by molar-refractivity contribution is 7.90. The highest BCUT2D eigenvalue weighted by Crippen LogP contribution is 2.32. The fourth-order valence-corrected chi connectivity index (χ4v) is 3.77. The van der Waals surface area contributed by atoms with Crippen LogP contribution in [0.1, 0.15) is 16.1 Å². The predicted octanol–water partition coefficient (Wildman–Crippen LogP) is 2.65. The Labute approximate surface area is 123 Å². The molecular formula is C11H7Cl2NO5S. The van der Waals surface area contributed by atoms with Crippen LogP contribution in [-0.4, -0.2) is 24.7 Å². The van der Waals surface area contributed by atoms with Gasteiger partial charge in [-0.2, -0.15) is 0 Å². The van der Waals surface area contributed by atoms with Crippen LogP contribution in [0.25, 0.3) is 0 Å². The third-order valence-electron chi connectivity index (χ3n) is 2.43. The third kappa shape index (κ3) is 2.79. The molecular weight excluding hydrogens is 329 g/mol. The number of halogens is 2. The van der Waals surface area contributed by atoms with Crippen molar-refractivity contribution in [1.29, 1.82) is 0 Å². The van der Waals surface area contributed by atoms with Gasteiger partial charge in [-0.3, -0.25) is 0 Å². The summed E-state index contributed by atoms with van der Waals surface area (Å²) < 4.78 is 29.1. The fraction of sp³-hybridized carbons (Fsp3) is 0.0909. The summed E-state index contributed by atoms with van der Waals surface area (Å²) in [5.74, 6) is -1.77.